The number of rotatable bonds is 6. The molecule has 0 saturated carbocycles. The zero-order chi connectivity index (χ0) is 26.4. The summed E-state index contributed by atoms with van der Waals surface area (Å²) in [6.45, 7) is 8.69. The summed E-state index contributed by atoms with van der Waals surface area (Å²) in [7, 11) is 1.93. The molecule has 3 aromatic heterocycles. The Hall–Kier alpha value is -4.23. The van der Waals surface area contributed by atoms with Crippen molar-refractivity contribution in [2.45, 2.75) is 32.4 Å². The molecule has 192 valence electrons. The van der Waals surface area contributed by atoms with Crippen LogP contribution in [0.5, 0.6) is 0 Å². The molecule has 0 aliphatic carbocycles. The average molecular weight is 506 g/mol. The van der Waals surface area contributed by atoms with Crippen LogP contribution in [-0.4, -0.2) is 43.9 Å². The van der Waals surface area contributed by atoms with Gasteiger partial charge in [-0.2, -0.15) is 0 Å². The lowest BCUT2D eigenvalue weighted by atomic mass is 9.95. The SMILES string of the molecule is C=Cc1c(C)c(C2=C(c3cn(C4CCN(Cc5ccccn5)CC4)c4ccccc34)C(=O)NC2=O)cn1C. The number of nitrogens with zero attached hydrogens (tertiary/aromatic N) is 4. The number of aryl methyl sites for hydroxylation is 1. The number of pyridine rings is 1. The van der Waals surface area contributed by atoms with E-state index in [2.05, 4.69) is 44.7 Å². The molecule has 2 amide bonds. The van der Waals surface area contributed by atoms with E-state index in [1.54, 1.807) is 6.08 Å². The summed E-state index contributed by atoms with van der Waals surface area (Å²) in [5.41, 5.74) is 6.49. The summed E-state index contributed by atoms with van der Waals surface area (Å²) in [4.78, 5) is 33.3. The second-order valence-corrected chi connectivity index (χ2v) is 10.2. The number of hydrogen-bond donors (Lipinski definition) is 1. The molecule has 1 saturated heterocycles. The van der Waals surface area contributed by atoms with E-state index in [9.17, 15) is 9.59 Å². The number of benzene rings is 1. The van der Waals surface area contributed by atoms with E-state index in [4.69, 9.17) is 0 Å². The summed E-state index contributed by atoms with van der Waals surface area (Å²) in [5, 5.41) is 3.55. The molecule has 0 radical (unpaired) electrons. The lowest BCUT2D eigenvalue weighted by Crippen LogP contribution is -2.34. The van der Waals surface area contributed by atoms with E-state index >= 15 is 0 Å². The molecular formula is C31H31N5O2. The third kappa shape index (κ3) is 4.00. The monoisotopic (exact) mass is 505 g/mol. The van der Waals surface area contributed by atoms with Gasteiger partial charge in [-0.05, 0) is 49.6 Å². The van der Waals surface area contributed by atoms with Gasteiger partial charge in [0.05, 0.1) is 16.8 Å². The Bertz CT molecular complexity index is 1600. The highest BCUT2D eigenvalue weighted by Gasteiger charge is 2.36. The lowest BCUT2D eigenvalue weighted by molar-refractivity contribution is -0.122. The van der Waals surface area contributed by atoms with E-state index < -0.39 is 0 Å². The number of aromatic nitrogens is 3. The highest BCUT2D eigenvalue weighted by molar-refractivity contribution is 6.50. The molecule has 1 fully saturated rings. The molecule has 0 unspecified atom stereocenters. The van der Waals surface area contributed by atoms with Crippen LogP contribution in [0.1, 0.15) is 47.0 Å². The molecule has 0 spiro atoms. The Morgan fingerprint density at radius 1 is 1.00 bits per heavy atom. The van der Waals surface area contributed by atoms with Crippen molar-refractivity contribution in [3.05, 3.63) is 95.7 Å². The molecule has 0 bridgehead atoms. The van der Waals surface area contributed by atoms with Crippen LogP contribution in [0.25, 0.3) is 28.1 Å². The molecule has 2 aliphatic heterocycles. The number of para-hydroxylation sites is 1. The minimum absolute atomic E-state index is 0.309. The average Bonchev–Trinajstić information content (AvgIpc) is 3.54. The van der Waals surface area contributed by atoms with Crippen LogP contribution in [0.3, 0.4) is 0 Å². The first kappa shape index (κ1) is 24.1. The van der Waals surface area contributed by atoms with Crippen molar-refractivity contribution in [2.75, 3.05) is 13.1 Å². The van der Waals surface area contributed by atoms with Crippen molar-refractivity contribution < 1.29 is 9.59 Å². The molecule has 1 N–H and O–H groups in total. The van der Waals surface area contributed by atoms with Gasteiger partial charge in [0.15, 0.2) is 0 Å². The van der Waals surface area contributed by atoms with Crippen molar-refractivity contribution in [3.8, 4) is 0 Å². The minimum Gasteiger partial charge on any atom is -0.350 e. The summed E-state index contributed by atoms with van der Waals surface area (Å²) in [5.74, 6) is -0.699. The largest absolute Gasteiger partial charge is 0.350 e. The second kappa shape index (κ2) is 9.58. The Morgan fingerprint density at radius 2 is 1.71 bits per heavy atom. The van der Waals surface area contributed by atoms with Crippen molar-refractivity contribution >= 4 is 39.9 Å². The topological polar surface area (TPSA) is 72.2 Å². The van der Waals surface area contributed by atoms with Crippen LogP contribution in [0.15, 0.2) is 67.6 Å². The van der Waals surface area contributed by atoms with Gasteiger partial charge in [0, 0.05) is 79.0 Å². The molecule has 6 rings (SSSR count). The van der Waals surface area contributed by atoms with Crippen molar-refractivity contribution in [1.82, 2.24) is 24.3 Å². The molecule has 0 atom stereocenters. The van der Waals surface area contributed by atoms with Crippen LogP contribution in [0, 0.1) is 6.92 Å². The van der Waals surface area contributed by atoms with Gasteiger partial charge in [-0.3, -0.25) is 24.8 Å². The normalized spacial score (nSPS) is 17.0. The van der Waals surface area contributed by atoms with Gasteiger partial charge in [0.25, 0.3) is 11.8 Å². The zero-order valence-electron chi connectivity index (χ0n) is 21.8. The zero-order valence-corrected chi connectivity index (χ0v) is 21.8. The molecule has 1 aromatic carbocycles. The molecule has 7 nitrogen and oxygen atoms in total. The number of carbonyl (C=O) groups excluding carboxylic acids is 2. The molecule has 38 heavy (non-hydrogen) atoms. The van der Waals surface area contributed by atoms with Crippen LogP contribution >= 0.6 is 0 Å². The fourth-order valence-corrected chi connectivity index (χ4v) is 6.06. The van der Waals surface area contributed by atoms with Gasteiger partial charge < -0.3 is 9.13 Å². The number of amides is 2. The van der Waals surface area contributed by atoms with E-state index in [-0.39, 0.29) is 11.8 Å². The highest BCUT2D eigenvalue weighted by Crippen LogP contribution is 2.39. The standard InChI is InChI=1S/C31H31N5O2/c1-4-26-20(2)24(18-34(26)3)28-29(31(38)33-30(28)37)25-19-36(27-11-6-5-10-23(25)27)22-12-15-35(16-13-22)17-21-9-7-8-14-32-21/h4-11,14,18-19,22H,1,12-13,15-17H2,2-3H3,(H,33,37,38). The van der Waals surface area contributed by atoms with Gasteiger partial charge in [-0.25, -0.2) is 0 Å². The number of hydrogen-bond acceptors (Lipinski definition) is 4. The molecule has 4 aromatic rings. The lowest BCUT2D eigenvalue weighted by Gasteiger charge is -2.33. The molecule has 7 heteroatoms. The summed E-state index contributed by atoms with van der Waals surface area (Å²) < 4.78 is 4.26. The first-order valence-electron chi connectivity index (χ1n) is 13.1. The van der Waals surface area contributed by atoms with Gasteiger partial charge in [-0.1, -0.05) is 30.8 Å². The fraction of sp³-hybridized carbons (Fsp3) is 0.258. The van der Waals surface area contributed by atoms with E-state index in [1.807, 2.05) is 61.3 Å². The van der Waals surface area contributed by atoms with E-state index in [1.165, 1.54) is 0 Å². The minimum atomic E-state index is -0.353. The maximum Gasteiger partial charge on any atom is 0.259 e. The predicted octanol–water partition coefficient (Wildman–Crippen LogP) is 4.73. The van der Waals surface area contributed by atoms with Crippen molar-refractivity contribution in [3.63, 3.8) is 0 Å². The molecule has 2 aliphatic rings. The number of carbonyl (C=O) groups is 2. The van der Waals surface area contributed by atoms with Crippen LogP contribution < -0.4 is 5.32 Å². The first-order chi connectivity index (χ1) is 18.5. The Kier molecular flexibility index (Phi) is 6.08. The molecular weight excluding hydrogens is 474 g/mol. The summed E-state index contributed by atoms with van der Waals surface area (Å²) in [6, 6.07) is 14.5. The number of imide groups is 1. The third-order valence-corrected chi connectivity index (χ3v) is 7.96. The van der Waals surface area contributed by atoms with Gasteiger partial charge in [-0.15, -0.1) is 0 Å². The molecule has 5 heterocycles. The van der Waals surface area contributed by atoms with Gasteiger partial charge >= 0.3 is 0 Å². The summed E-state index contributed by atoms with van der Waals surface area (Å²) >= 11 is 0. The number of piperidine rings is 1. The first-order valence-corrected chi connectivity index (χ1v) is 13.1. The maximum atomic E-state index is 13.2. The van der Waals surface area contributed by atoms with E-state index in [0.717, 1.165) is 71.5 Å². The highest BCUT2D eigenvalue weighted by atomic mass is 16.2. The van der Waals surface area contributed by atoms with Gasteiger partial charge in [0.2, 0.25) is 0 Å². The fourth-order valence-electron chi connectivity index (χ4n) is 6.06. The van der Waals surface area contributed by atoms with Crippen molar-refractivity contribution in [2.24, 2.45) is 7.05 Å². The maximum absolute atomic E-state index is 13.2. The number of likely N-dealkylation sites (tertiary alicyclic amines) is 1. The van der Waals surface area contributed by atoms with Crippen LogP contribution in [0.4, 0.5) is 0 Å². The second-order valence-electron chi connectivity index (χ2n) is 10.2. The Labute approximate surface area is 222 Å². The summed E-state index contributed by atoms with van der Waals surface area (Å²) in [6.07, 6.45) is 9.63. The predicted molar refractivity (Wildman–Crippen MR) is 150 cm³/mol. The third-order valence-electron chi connectivity index (χ3n) is 7.96. The smallest absolute Gasteiger partial charge is 0.259 e. The number of fused-ring (bicyclic) bond motifs is 1. The number of nitrogens with one attached hydrogen (secondary N) is 1. The van der Waals surface area contributed by atoms with E-state index in [0.29, 0.717) is 17.2 Å². The van der Waals surface area contributed by atoms with Crippen molar-refractivity contribution in [1.29, 1.82) is 0 Å². The quantitative estimate of drug-likeness (QED) is 0.385. The van der Waals surface area contributed by atoms with Gasteiger partial charge in [0.1, 0.15) is 0 Å². The van der Waals surface area contributed by atoms with Crippen LogP contribution in [-0.2, 0) is 23.2 Å². The van der Waals surface area contributed by atoms with Crippen LogP contribution in [0.2, 0.25) is 0 Å². The Morgan fingerprint density at radius 3 is 2.39 bits per heavy atom. The Balaban J connectivity index is 1.39.